The van der Waals surface area contributed by atoms with E-state index in [1.165, 1.54) is 21.5 Å². The van der Waals surface area contributed by atoms with Crippen LogP contribution >= 0.6 is 0 Å². The van der Waals surface area contributed by atoms with E-state index < -0.39 is 0 Å². The van der Waals surface area contributed by atoms with Crippen molar-refractivity contribution in [1.29, 1.82) is 0 Å². The lowest BCUT2D eigenvalue weighted by Gasteiger charge is -2.08. The number of pyridine rings is 3. The van der Waals surface area contributed by atoms with Crippen LogP contribution in [-0.2, 0) is 0 Å². The molecule has 0 atom stereocenters. The zero-order valence-electron chi connectivity index (χ0n) is 20.5. The van der Waals surface area contributed by atoms with Gasteiger partial charge in [-0.05, 0) is 70.1 Å². The minimum absolute atomic E-state index is 0.864. The van der Waals surface area contributed by atoms with E-state index in [1.54, 1.807) is 0 Å². The minimum atomic E-state index is 0.864. The SMILES string of the molecule is c1ccc2cc3nc(-c4ccc5ccc(-c6ccc7cc8ccccc8cc7n6)nc5c4)ccc3cc2c1. The van der Waals surface area contributed by atoms with Crippen LogP contribution in [0.5, 0.6) is 0 Å². The van der Waals surface area contributed by atoms with Crippen molar-refractivity contribution in [2.75, 3.05) is 0 Å². The van der Waals surface area contributed by atoms with Gasteiger partial charge in [0.05, 0.1) is 33.6 Å². The van der Waals surface area contributed by atoms with Gasteiger partial charge in [-0.1, -0.05) is 78.9 Å². The molecule has 0 amide bonds. The largest absolute Gasteiger partial charge is 0.248 e. The van der Waals surface area contributed by atoms with Crippen LogP contribution in [0, 0.1) is 0 Å². The summed E-state index contributed by atoms with van der Waals surface area (Å²) in [6, 6.07) is 44.5. The molecular weight excluding hydrogens is 462 g/mol. The molecule has 0 aliphatic heterocycles. The van der Waals surface area contributed by atoms with Gasteiger partial charge in [-0.15, -0.1) is 0 Å². The zero-order valence-corrected chi connectivity index (χ0v) is 20.5. The first kappa shape index (κ1) is 21.0. The molecule has 5 aromatic carbocycles. The first-order valence-corrected chi connectivity index (χ1v) is 12.8. The van der Waals surface area contributed by atoms with E-state index in [2.05, 4.69) is 127 Å². The standard InChI is InChI=1S/C35H21N3/c1-3-7-25-19-34-27(17-23(25)5-1)12-14-30(36-34)29-10-9-22-11-15-31(37-33(22)21-29)32-16-13-28-18-24-6-2-4-8-26(24)20-35(28)38-32/h1-21H. The van der Waals surface area contributed by atoms with Crippen LogP contribution < -0.4 is 0 Å². The minimum Gasteiger partial charge on any atom is -0.248 e. The van der Waals surface area contributed by atoms with E-state index in [0.29, 0.717) is 0 Å². The molecule has 176 valence electrons. The fourth-order valence-corrected chi connectivity index (χ4v) is 5.35. The Morgan fingerprint density at radius 3 is 1.29 bits per heavy atom. The third-order valence-corrected chi connectivity index (χ3v) is 7.36. The molecule has 3 nitrogen and oxygen atoms in total. The average Bonchev–Trinajstić information content (AvgIpc) is 2.97. The first-order chi connectivity index (χ1) is 18.8. The molecule has 8 rings (SSSR count). The van der Waals surface area contributed by atoms with Crippen LogP contribution in [0.15, 0.2) is 127 Å². The molecule has 8 aromatic rings. The highest BCUT2D eigenvalue weighted by Gasteiger charge is 2.09. The second-order valence-corrected chi connectivity index (χ2v) is 9.78. The van der Waals surface area contributed by atoms with Gasteiger partial charge in [-0.3, -0.25) is 0 Å². The summed E-state index contributed by atoms with van der Waals surface area (Å²) in [5, 5.41) is 8.21. The predicted molar refractivity (Wildman–Crippen MR) is 158 cm³/mol. The fourth-order valence-electron chi connectivity index (χ4n) is 5.35. The maximum atomic E-state index is 5.01. The predicted octanol–water partition coefficient (Wildman–Crippen LogP) is 8.97. The van der Waals surface area contributed by atoms with Gasteiger partial charge in [0.15, 0.2) is 0 Å². The molecule has 0 radical (unpaired) electrons. The van der Waals surface area contributed by atoms with Gasteiger partial charge in [0.2, 0.25) is 0 Å². The monoisotopic (exact) mass is 483 g/mol. The molecule has 0 fully saturated rings. The number of hydrogen-bond acceptors (Lipinski definition) is 3. The van der Waals surface area contributed by atoms with Gasteiger partial charge in [-0.25, -0.2) is 15.0 Å². The van der Waals surface area contributed by atoms with Crippen molar-refractivity contribution in [2.24, 2.45) is 0 Å². The van der Waals surface area contributed by atoms with Gasteiger partial charge in [0.25, 0.3) is 0 Å². The third-order valence-electron chi connectivity index (χ3n) is 7.36. The fraction of sp³-hybridized carbons (Fsp3) is 0. The Balaban J connectivity index is 1.22. The van der Waals surface area contributed by atoms with Crippen LogP contribution in [0.4, 0.5) is 0 Å². The molecule has 3 aromatic heterocycles. The lowest BCUT2D eigenvalue weighted by Crippen LogP contribution is -1.91. The molecule has 0 aliphatic carbocycles. The Kier molecular flexibility index (Phi) is 4.52. The number of nitrogens with zero attached hydrogens (tertiary/aromatic N) is 3. The lowest BCUT2D eigenvalue weighted by molar-refractivity contribution is 1.32. The van der Waals surface area contributed by atoms with Gasteiger partial charge in [0, 0.05) is 21.7 Å². The second-order valence-electron chi connectivity index (χ2n) is 9.78. The molecule has 0 spiro atoms. The van der Waals surface area contributed by atoms with E-state index in [1.807, 2.05) is 0 Å². The van der Waals surface area contributed by atoms with Crippen LogP contribution in [0.3, 0.4) is 0 Å². The highest BCUT2D eigenvalue weighted by atomic mass is 14.8. The lowest BCUT2D eigenvalue weighted by atomic mass is 10.0. The summed E-state index contributed by atoms with van der Waals surface area (Å²) in [5.74, 6) is 0. The van der Waals surface area contributed by atoms with Gasteiger partial charge >= 0.3 is 0 Å². The summed E-state index contributed by atoms with van der Waals surface area (Å²) >= 11 is 0. The maximum Gasteiger partial charge on any atom is 0.0894 e. The molecular formula is C35H21N3. The summed E-state index contributed by atoms with van der Waals surface area (Å²) < 4.78 is 0. The third kappa shape index (κ3) is 3.48. The Morgan fingerprint density at radius 1 is 0.289 bits per heavy atom. The van der Waals surface area contributed by atoms with Crippen LogP contribution in [0.1, 0.15) is 0 Å². The molecule has 0 N–H and O–H groups in total. The summed E-state index contributed by atoms with van der Waals surface area (Å²) in [5.41, 5.74) is 6.63. The van der Waals surface area contributed by atoms with E-state index in [4.69, 9.17) is 15.0 Å². The molecule has 0 bridgehead atoms. The van der Waals surface area contributed by atoms with Crippen molar-refractivity contribution in [1.82, 2.24) is 15.0 Å². The Hall–Kier alpha value is -5.15. The number of fused-ring (bicyclic) bond motifs is 5. The van der Waals surface area contributed by atoms with Crippen molar-refractivity contribution in [3.05, 3.63) is 127 Å². The van der Waals surface area contributed by atoms with Crippen molar-refractivity contribution in [3.63, 3.8) is 0 Å². The van der Waals surface area contributed by atoms with Gasteiger partial charge < -0.3 is 0 Å². The normalized spacial score (nSPS) is 11.7. The maximum absolute atomic E-state index is 5.01. The van der Waals surface area contributed by atoms with E-state index in [0.717, 1.165) is 55.4 Å². The topological polar surface area (TPSA) is 38.7 Å². The van der Waals surface area contributed by atoms with Crippen molar-refractivity contribution in [3.8, 4) is 22.6 Å². The average molecular weight is 484 g/mol. The number of hydrogen-bond donors (Lipinski definition) is 0. The van der Waals surface area contributed by atoms with Crippen LogP contribution in [0.2, 0.25) is 0 Å². The van der Waals surface area contributed by atoms with Gasteiger partial charge in [-0.2, -0.15) is 0 Å². The highest BCUT2D eigenvalue weighted by Crippen LogP contribution is 2.29. The Morgan fingerprint density at radius 2 is 0.711 bits per heavy atom. The number of rotatable bonds is 2. The summed E-state index contributed by atoms with van der Waals surface area (Å²) in [4.78, 5) is 15.0. The molecule has 3 heteroatoms. The van der Waals surface area contributed by atoms with E-state index in [-0.39, 0.29) is 0 Å². The first-order valence-electron chi connectivity index (χ1n) is 12.8. The van der Waals surface area contributed by atoms with Crippen molar-refractivity contribution >= 4 is 54.3 Å². The summed E-state index contributed by atoms with van der Waals surface area (Å²) in [6.45, 7) is 0. The smallest absolute Gasteiger partial charge is 0.0894 e. The van der Waals surface area contributed by atoms with E-state index >= 15 is 0 Å². The zero-order chi connectivity index (χ0) is 25.1. The van der Waals surface area contributed by atoms with Crippen LogP contribution in [-0.4, -0.2) is 15.0 Å². The highest BCUT2D eigenvalue weighted by molar-refractivity contribution is 5.98. The molecule has 0 aliphatic rings. The molecule has 38 heavy (non-hydrogen) atoms. The summed E-state index contributed by atoms with van der Waals surface area (Å²) in [7, 11) is 0. The molecule has 3 heterocycles. The van der Waals surface area contributed by atoms with E-state index in [9.17, 15) is 0 Å². The Bertz CT molecular complexity index is 2040. The van der Waals surface area contributed by atoms with Crippen LogP contribution in [0.25, 0.3) is 76.9 Å². The number of aromatic nitrogens is 3. The molecule has 0 saturated carbocycles. The molecule has 0 unspecified atom stereocenters. The second kappa shape index (κ2) is 8.19. The van der Waals surface area contributed by atoms with Crippen molar-refractivity contribution in [2.45, 2.75) is 0 Å². The van der Waals surface area contributed by atoms with Gasteiger partial charge in [0.1, 0.15) is 0 Å². The van der Waals surface area contributed by atoms with Crippen molar-refractivity contribution < 1.29 is 0 Å². The quantitative estimate of drug-likeness (QED) is 0.230. The molecule has 0 saturated heterocycles. The Labute approximate surface area is 219 Å². The number of benzene rings is 5. The summed E-state index contributed by atoms with van der Waals surface area (Å²) in [6.07, 6.45) is 0.